The molecule has 0 aliphatic heterocycles. The second-order valence-corrected chi connectivity index (χ2v) is 4.08. The number of aliphatic hydroxyl groups is 1. The molecule has 0 saturated heterocycles. The van der Waals surface area contributed by atoms with Gasteiger partial charge in [0, 0.05) is 13.0 Å². The minimum Gasteiger partial charge on any atom is -0.396 e. The number of aliphatic hydroxyl groups excluding tert-OH is 1. The first-order valence-electron chi connectivity index (χ1n) is 7.17. The molecule has 1 N–H and O–H groups in total. The van der Waals surface area contributed by atoms with Gasteiger partial charge in [-0.2, -0.15) is 0 Å². The van der Waals surface area contributed by atoms with Gasteiger partial charge in [-0.1, -0.05) is 38.2 Å². The molecule has 0 rings (SSSR count). The van der Waals surface area contributed by atoms with Crippen molar-refractivity contribution in [2.75, 3.05) is 6.61 Å². The van der Waals surface area contributed by atoms with Crippen molar-refractivity contribution in [1.29, 1.82) is 0 Å². The Morgan fingerprint density at radius 2 is 1.33 bits per heavy atom. The normalized spacial score (nSPS) is 10.6. The van der Waals surface area contributed by atoms with E-state index in [-0.39, 0.29) is 0 Å². The summed E-state index contributed by atoms with van der Waals surface area (Å²) in [5.41, 5.74) is 0. The van der Waals surface area contributed by atoms with E-state index in [0.717, 1.165) is 51.2 Å². The van der Waals surface area contributed by atoms with Crippen molar-refractivity contribution >= 4 is 6.29 Å². The summed E-state index contributed by atoms with van der Waals surface area (Å²) in [6.45, 7) is 4.57. The van der Waals surface area contributed by atoms with Gasteiger partial charge >= 0.3 is 0 Å². The van der Waals surface area contributed by atoms with Gasteiger partial charge in [-0.3, -0.25) is 0 Å². The molecule has 0 spiro atoms. The third kappa shape index (κ3) is 24.4. The van der Waals surface area contributed by atoms with E-state index in [1.165, 1.54) is 0 Å². The third-order valence-electron chi connectivity index (χ3n) is 2.28. The summed E-state index contributed by atoms with van der Waals surface area (Å²) in [4.78, 5) is 9.81. The van der Waals surface area contributed by atoms with Gasteiger partial charge in [0.1, 0.15) is 6.29 Å². The number of hydrogen-bond donors (Lipinski definition) is 1. The molecule has 0 aliphatic rings. The topological polar surface area (TPSA) is 37.3 Å². The van der Waals surface area contributed by atoms with E-state index in [4.69, 9.17) is 5.11 Å². The lowest BCUT2D eigenvalue weighted by Gasteiger charge is -1.89. The van der Waals surface area contributed by atoms with Gasteiger partial charge in [-0.15, -0.1) is 0 Å². The van der Waals surface area contributed by atoms with Crippen molar-refractivity contribution in [2.24, 2.45) is 0 Å². The van der Waals surface area contributed by atoms with Gasteiger partial charge in [0.25, 0.3) is 0 Å². The Balaban J connectivity index is 0. The molecule has 0 saturated carbocycles. The molecule has 0 aromatic heterocycles. The Labute approximate surface area is 113 Å². The van der Waals surface area contributed by atoms with E-state index >= 15 is 0 Å². The van der Waals surface area contributed by atoms with Gasteiger partial charge in [-0.05, 0) is 44.9 Å². The minimum absolute atomic E-state index is 0.333. The molecule has 0 aliphatic carbocycles. The van der Waals surface area contributed by atoms with Crippen LogP contribution in [0, 0.1) is 0 Å². The Bertz CT molecular complexity index is 195. The molecule has 106 valence electrons. The Morgan fingerprint density at radius 3 is 1.78 bits per heavy atom. The maximum Gasteiger partial charge on any atom is 0.120 e. The van der Waals surface area contributed by atoms with Crippen molar-refractivity contribution in [1.82, 2.24) is 0 Å². The van der Waals surface area contributed by atoms with Gasteiger partial charge in [0.2, 0.25) is 0 Å². The lowest BCUT2D eigenvalue weighted by molar-refractivity contribution is -0.107. The molecule has 0 aromatic rings. The Hall–Kier alpha value is -0.890. The maximum atomic E-state index is 9.81. The van der Waals surface area contributed by atoms with Crippen molar-refractivity contribution in [3.8, 4) is 0 Å². The van der Waals surface area contributed by atoms with Crippen LogP contribution in [-0.2, 0) is 4.79 Å². The molecule has 0 atom stereocenters. The number of rotatable bonds is 10. The summed E-state index contributed by atoms with van der Waals surface area (Å²) >= 11 is 0. The van der Waals surface area contributed by atoms with E-state index in [2.05, 4.69) is 38.2 Å². The van der Waals surface area contributed by atoms with Crippen LogP contribution in [0.2, 0.25) is 0 Å². The van der Waals surface area contributed by atoms with E-state index in [1.54, 1.807) is 0 Å². The van der Waals surface area contributed by atoms with Gasteiger partial charge in [0.15, 0.2) is 0 Å². The molecule has 0 radical (unpaired) electrons. The molecule has 0 aromatic carbocycles. The number of carbonyl (C=O) groups is 1. The first-order chi connectivity index (χ1) is 8.83. The quantitative estimate of drug-likeness (QED) is 0.355. The van der Waals surface area contributed by atoms with Crippen molar-refractivity contribution in [2.45, 2.75) is 65.2 Å². The third-order valence-corrected chi connectivity index (χ3v) is 2.28. The fraction of sp³-hybridized carbons (Fsp3) is 0.688. The van der Waals surface area contributed by atoms with E-state index in [0.29, 0.717) is 13.0 Å². The maximum absolute atomic E-state index is 9.81. The van der Waals surface area contributed by atoms with Crippen LogP contribution in [0.25, 0.3) is 0 Å². The van der Waals surface area contributed by atoms with Gasteiger partial charge in [-0.25, -0.2) is 0 Å². The number of hydrogen-bond acceptors (Lipinski definition) is 2. The highest BCUT2D eigenvalue weighted by atomic mass is 16.2. The lowest BCUT2D eigenvalue weighted by Crippen LogP contribution is -1.79. The highest BCUT2D eigenvalue weighted by molar-refractivity contribution is 5.48. The van der Waals surface area contributed by atoms with E-state index in [1.807, 2.05) is 0 Å². The Kier molecular flexibility index (Phi) is 23.1. The molecule has 0 unspecified atom stereocenters. The zero-order valence-electron chi connectivity index (χ0n) is 12.1. The first kappa shape index (κ1) is 19.4. The number of aldehydes is 1. The van der Waals surface area contributed by atoms with Crippen LogP contribution in [0.3, 0.4) is 0 Å². The van der Waals surface area contributed by atoms with Crippen LogP contribution in [-0.4, -0.2) is 18.0 Å². The lowest BCUT2D eigenvalue weighted by atomic mass is 10.2. The fourth-order valence-corrected chi connectivity index (χ4v) is 1.26. The standard InChI is InChI=1S/C8H16O.C8H14O/c2*1-2-3-4-5-6-7-8-9/h3-4,9H,2,5-8H2,1H3;3-4,8H,2,5-7H2,1H3/b2*4-3-. The highest BCUT2D eigenvalue weighted by Gasteiger charge is 1.80. The zero-order valence-corrected chi connectivity index (χ0v) is 12.1. The monoisotopic (exact) mass is 254 g/mol. The average Bonchev–Trinajstić information content (AvgIpc) is 2.39. The van der Waals surface area contributed by atoms with Crippen LogP contribution >= 0.6 is 0 Å². The van der Waals surface area contributed by atoms with Gasteiger partial charge in [0.05, 0.1) is 0 Å². The summed E-state index contributed by atoms with van der Waals surface area (Å²) in [6, 6.07) is 0. The molecule has 0 amide bonds. The van der Waals surface area contributed by atoms with Crippen molar-refractivity contribution < 1.29 is 9.90 Å². The summed E-state index contributed by atoms with van der Waals surface area (Å²) in [7, 11) is 0. The number of carbonyl (C=O) groups excluding carboxylic acids is 1. The second kappa shape index (κ2) is 21.4. The van der Waals surface area contributed by atoms with Crippen molar-refractivity contribution in [3.05, 3.63) is 24.3 Å². The fourth-order valence-electron chi connectivity index (χ4n) is 1.26. The number of unbranched alkanes of at least 4 members (excludes halogenated alkanes) is 4. The van der Waals surface area contributed by atoms with Crippen LogP contribution < -0.4 is 0 Å². The summed E-state index contributed by atoms with van der Waals surface area (Å²) in [6.07, 6.45) is 17.7. The minimum atomic E-state index is 0.333. The van der Waals surface area contributed by atoms with Gasteiger partial charge < -0.3 is 9.90 Å². The van der Waals surface area contributed by atoms with E-state index in [9.17, 15) is 4.79 Å². The van der Waals surface area contributed by atoms with Crippen LogP contribution in [0.1, 0.15) is 65.2 Å². The predicted octanol–water partition coefficient (Wildman–Crippen LogP) is 4.44. The molecule has 18 heavy (non-hydrogen) atoms. The molecule has 2 nitrogen and oxygen atoms in total. The first-order valence-corrected chi connectivity index (χ1v) is 7.17. The van der Waals surface area contributed by atoms with Crippen molar-refractivity contribution in [3.63, 3.8) is 0 Å². The van der Waals surface area contributed by atoms with Crippen LogP contribution in [0.15, 0.2) is 24.3 Å². The molecule has 2 heteroatoms. The summed E-state index contributed by atoms with van der Waals surface area (Å²) in [5.74, 6) is 0. The van der Waals surface area contributed by atoms with E-state index < -0.39 is 0 Å². The average molecular weight is 254 g/mol. The molecule has 0 bridgehead atoms. The Morgan fingerprint density at radius 1 is 0.778 bits per heavy atom. The molecule has 0 fully saturated rings. The van der Waals surface area contributed by atoms with Crippen LogP contribution in [0.4, 0.5) is 0 Å². The number of allylic oxidation sites excluding steroid dienone is 4. The zero-order chi connectivity index (χ0) is 13.9. The SMILES string of the molecule is CC/C=C\CCCC=O.CC/C=C\CCCCO. The second-order valence-electron chi connectivity index (χ2n) is 4.08. The molecular formula is C16H30O2. The molecular weight excluding hydrogens is 224 g/mol. The summed E-state index contributed by atoms with van der Waals surface area (Å²) in [5, 5.41) is 8.40. The molecule has 0 heterocycles. The smallest absolute Gasteiger partial charge is 0.120 e. The predicted molar refractivity (Wildman–Crippen MR) is 79.7 cm³/mol. The highest BCUT2D eigenvalue weighted by Crippen LogP contribution is 1.95. The summed E-state index contributed by atoms with van der Waals surface area (Å²) < 4.78 is 0. The largest absolute Gasteiger partial charge is 0.396 e. The van der Waals surface area contributed by atoms with Crippen LogP contribution in [0.5, 0.6) is 0 Å².